The van der Waals surface area contributed by atoms with Gasteiger partial charge in [0.05, 0.1) is 21.1 Å². The lowest BCUT2D eigenvalue weighted by Gasteiger charge is -2.02. The van der Waals surface area contributed by atoms with Crippen LogP contribution in [-0.2, 0) is 10.0 Å². The zero-order valence-corrected chi connectivity index (χ0v) is 13.1. The summed E-state index contributed by atoms with van der Waals surface area (Å²) in [6.07, 6.45) is 2.99. The fourth-order valence-electron chi connectivity index (χ4n) is 1.25. The summed E-state index contributed by atoms with van der Waals surface area (Å²) < 4.78 is 24.6. The molecular weight excluding hydrogens is 350 g/mol. The molecule has 0 amide bonds. The third-order valence-corrected chi connectivity index (χ3v) is 4.82. The van der Waals surface area contributed by atoms with Crippen LogP contribution in [0.25, 0.3) is 0 Å². The number of aromatic nitrogens is 1. The lowest BCUT2D eigenvalue weighted by molar-refractivity contribution is 0.584. The van der Waals surface area contributed by atoms with Crippen molar-refractivity contribution in [3.8, 4) is 0 Å². The van der Waals surface area contributed by atoms with Gasteiger partial charge in [-0.3, -0.25) is 0 Å². The molecule has 0 spiro atoms. The lowest BCUT2D eigenvalue weighted by atomic mass is 10.2. The number of rotatable bonds is 4. The van der Waals surface area contributed by atoms with Gasteiger partial charge >= 0.3 is 0 Å². The van der Waals surface area contributed by atoms with E-state index in [0.29, 0.717) is 5.01 Å². The Balaban J connectivity index is 2.09. The molecule has 1 aromatic heterocycles. The number of nitrogens with one attached hydrogen (secondary N) is 1. The number of benzene rings is 1. The molecule has 1 aromatic carbocycles. The largest absolute Gasteiger partial charge is 0.276 e. The molecule has 0 aliphatic rings. The number of hydrazone groups is 1. The van der Waals surface area contributed by atoms with Crippen LogP contribution in [0, 0.1) is 6.92 Å². The molecule has 5 nitrogen and oxygen atoms in total. The Labute approximate surface area is 123 Å². The number of halogens is 1. The summed E-state index contributed by atoms with van der Waals surface area (Å²) in [6.45, 7) is 1.89. The zero-order chi connectivity index (χ0) is 13.9. The van der Waals surface area contributed by atoms with Crippen molar-refractivity contribution in [2.75, 3.05) is 0 Å². The monoisotopic (exact) mass is 359 g/mol. The minimum absolute atomic E-state index is 0.176. The maximum Gasteiger partial charge on any atom is 0.276 e. The van der Waals surface area contributed by atoms with Gasteiger partial charge in [0.25, 0.3) is 10.0 Å². The molecule has 0 atom stereocenters. The minimum atomic E-state index is -3.62. The van der Waals surface area contributed by atoms with Gasteiger partial charge in [-0.05, 0) is 35.0 Å². The van der Waals surface area contributed by atoms with Crippen LogP contribution in [0.5, 0.6) is 0 Å². The third-order valence-electron chi connectivity index (χ3n) is 2.17. The first-order valence-corrected chi connectivity index (χ1v) is 8.29. The molecule has 0 saturated carbocycles. The second-order valence-corrected chi connectivity index (χ2v) is 7.77. The van der Waals surface area contributed by atoms with Crippen LogP contribution >= 0.6 is 27.3 Å². The van der Waals surface area contributed by atoms with Gasteiger partial charge in [0.1, 0.15) is 5.01 Å². The lowest BCUT2D eigenvalue weighted by Crippen LogP contribution is -2.18. The van der Waals surface area contributed by atoms with E-state index in [-0.39, 0.29) is 4.90 Å². The maximum atomic E-state index is 11.9. The summed E-state index contributed by atoms with van der Waals surface area (Å²) in [5, 5.41) is 4.30. The van der Waals surface area contributed by atoms with Gasteiger partial charge in [-0.2, -0.15) is 18.4 Å². The highest BCUT2D eigenvalue weighted by molar-refractivity contribution is 9.11. The Hall–Kier alpha value is -1.25. The van der Waals surface area contributed by atoms with Crippen molar-refractivity contribution in [2.45, 2.75) is 11.8 Å². The van der Waals surface area contributed by atoms with E-state index < -0.39 is 10.0 Å². The fourth-order valence-corrected chi connectivity index (χ4v) is 3.15. The highest BCUT2D eigenvalue weighted by Gasteiger charge is 2.11. The van der Waals surface area contributed by atoms with E-state index in [4.69, 9.17) is 0 Å². The van der Waals surface area contributed by atoms with Crippen LogP contribution in [0.3, 0.4) is 0 Å². The number of sulfonamides is 1. The number of nitrogens with zero attached hydrogens (tertiary/aromatic N) is 2. The third kappa shape index (κ3) is 3.85. The normalized spacial score (nSPS) is 11.9. The smallest absolute Gasteiger partial charge is 0.242 e. The summed E-state index contributed by atoms with van der Waals surface area (Å²) in [5.41, 5.74) is 0.995. The van der Waals surface area contributed by atoms with Crippen LogP contribution in [0.2, 0.25) is 0 Å². The Morgan fingerprint density at radius 3 is 2.63 bits per heavy atom. The first-order chi connectivity index (χ1) is 8.97. The van der Waals surface area contributed by atoms with E-state index in [0.717, 1.165) is 9.35 Å². The standard InChI is InChI=1S/C11H10BrN3O2S2/c1-8-2-4-9(5-3-8)19(16,17)15-14-7-11-13-6-10(12)18-11/h2-7,15H,1H3/b14-7+. The van der Waals surface area contributed by atoms with Gasteiger partial charge < -0.3 is 0 Å². The van der Waals surface area contributed by atoms with Gasteiger partial charge in [0, 0.05) is 0 Å². The predicted molar refractivity (Wildman–Crippen MR) is 78.9 cm³/mol. The average Bonchev–Trinajstić information content (AvgIpc) is 2.75. The summed E-state index contributed by atoms with van der Waals surface area (Å²) in [7, 11) is -3.62. The number of hydrogen-bond acceptors (Lipinski definition) is 5. The fraction of sp³-hybridized carbons (Fsp3) is 0.0909. The molecular formula is C11H10BrN3O2S2. The summed E-state index contributed by atoms with van der Waals surface area (Å²) in [4.78, 5) is 6.33. The quantitative estimate of drug-likeness (QED) is 0.673. The van der Waals surface area contributed by atoms with Crippen molar-refractivity contribution in [3.63, 3.8) is 0 Å². The summed E-state index contributed by atoms with van der Waals surface area (Å²) in [6, 6.07) is 6.53. The molecule has 100 valence electrons. The second kappa shape index (κ2) is 5.81. The molecule has 8 heteroatoms. The van der Waals surface area contributed by atoms with Crippen LogP contribution in [0.1, 0.15) is 10.6 Å². The van der Waals surface area contributed by atoms with E-state index in [9.17, 15) is 8.42 Å². The average molecular weight is 360 g/mol. The predicted octanol–water partition coefficient (Wildman–Crippen LogP) is 2.53. The molecule has 0 aliphatic carbocycles. The van der Waals surface area contributed by atoms with Gasteiger partial charge in [-0.1, -0.05) is 17.7 Å². The maximum absolute atomic E-state index is 11.9. The number of aryl methyl sites for hydroxylation is 1. The van der Waals surface area contributed by atoms with Crippen LogP contribution < -0.4 is 4.83 Å². The summed E-state index contributed by atoms with van der Waals surface area (Å²) >= 11 is 4.62. The highest BCUT2D eigenvalue weighted by Crippen LogP contribution is 2.17. The molecule has 1 N–H and O–H groups in total. The molecule has 2 aromatic rings. The van der Waals surface area contributed by atoms with Crippen molar-refractivity contribution >= 4 is 43.5 Å². The highest BCUT2D eigenvalue weighted by atomic mass is 79.9. The van der Waals surface area contributed by atoms with Gasteiger partial charge in [0.2, 0.25) is 0 Å². The Morgan fingerprint density at radius 2 is 2.05 bits per heavy atom. The van der Waals surface area contributed by atoms with E-state index in [2.05, 4.69) is 30.8 Å². The van der Waals surface area contributed by atoms with Crippen molar-refractivity contribution in [1.82, 2.24) is 9.82 Å². The van der Waals surface area contributed by atoms with Crippen molar-refractivity contribution in [3.05, 3.63) is 44.8 Å². The molecule has 0 radical (unpaired) electrons. The zero-order valence-electron chi connectivity index (χ0n) is 9.87. The Bertz CT molecular complexity index is 693. The topological polar surface area (TPSA) is 71.4 Å². The number of thiazole rings is 1. The van der Waals surface area contributed by atoms with E-state index in [1.807, 2.05) is 6.92 Å². The van der Waals surface area contributed by atoms with E-state index in [1.54, 1.807) is 18.3 Å². The molecule has 0 bridgehead atoms. The number of hydrogen-bond donors (Lipinski definition) is 1. The summed E-state index contributed by atoms with van der Waals surface area (Å²) in [5.74, 6) is 0. The Morgan fingerprint density at radius 1 is 1.37 bits per heavy atom. The van der Waals surface area contributed by atoms with Crippen LogP contribution in [0.15, 0.2) is 44.2 Å². The first kappa shape index (κ1) is 14.2. The minimum Gasteiger partial charge on any atom is -0.242 e. The molecule has 0 saturated heterocycles. The van der Waals surface area contributed by atoms with Crippen molar-refractivity contribution in [2.24, 2.45) is 5.10 Å². The van der Waals surface area contributed by atoms with Crippen molar-refractivity contribution < 1.29 is 8.42 Å². The van der Waals surface area contributed by atoms with Crippen LogP contribution in [0.4, 0.5) is 0 Å². The SMILES string of the molecule is Cc1ccc(S(=O)(=O)N/N=C/c2ncc(Br)s2)cc1. The first-order valence-electron chi connectivity index (χ1n) is 5.20. The van der Waals surface area contributed by atoms with E-state index in [1.165, 1.54) is 29.7 Å². The molecule has 19 heavy (non-hydrogen) atoms. The van der Waals surface area contributed by atoms with Gasteiger partial charge in [0.15, 0.2) is 0 Å². The molecule has 0 unspecified atom stereocenters. The van der Waals surface area contributed by atoms with Gasteiger partial charge in [-0.15, -0.1) is 11.3 Å². The molecule has 0 aliphatic heterocycles. The van der Waals surface area contributed by atoms with E-state index >= 15 is 0 Å². The van der Waals surface area contributed by atoms with Crippen molar-refractivity contribution in [1.29, 1.82) is 0 Å². The molecule has 2 rings (SSSR count). The molecule has 1 heterocycles. The second-order valence-electron chi connectivity index (χ2n) is 3.67. The Kier molecular flexibility index (Phi) is 4.33. The van der Waals surface area contributed by atoms with Crippen LogP contribution in [-0.4, -0.2) is 19.6 Å². The van der Waals surface area contributed by atoms with Gasteiger partial charge in [-0.25, -0.2) is 4.98 Å². The molecule has 0 fully saturated rings.